The van der Waals surface area contributed by atoms with Crippen molar-refractivity contribution >= 4 is 5.97 Å². The lowest BCUT2D eigenvalue weighted by atomic mass is 9.62. The molecule has 3 fully saturated rings. The lowest BCUT2D eigenvalue weighted by molar-refractivity contribution is -0.153. The molecule has 33 heavy (non-hydrogen) atoms. The Balaban J connectivity index is 1.65. The van der Waals surface area contributed by atoms with Crippen molar-refractivity contribution in [2.24, 2.45) is 17.3 Å². The van der Waals surface area contributed by atoms with Crippen LogP contribution in [0.5, 0.6) is 0 Å². The largest absolute Gasteiger partial charge is 0.462 e. The molecule has 0 aromatic rings. The molecule has 0 amide bonds. The second-order valence-corrected chi connectivity index (χ2v) is 11.5. The first-order valence-corrected chi connectivity index (χ1v) is 12.8. The van der Waals surface area contributed by atoms with Crippen LogP contribution in [0.25, 0.3) is 0 Å². The first-order valence-electron chi connectivity index (χ1n) is 12.8. The monoisotopic (exact) mass is 460 g/mol. The molecule has 186 valence electrons. The normalized spacial score (nSPS) is 36.2. The number of aliphatic hydroxyl groups excluding tert-OH is 2. The van der Waals surface area contributed by atoms with Crippen LogP contribution in [0.4, 0.5) is 0 Å². The second-order valence-electron chi connectivity index (χ2n) is 11.5. The van der Waals surface area contributed by atoms with E-state index in [9.17, 15) is 20.1 Å². The van der Waals surface area contributed by atoms with Crippen molar-refractivity contribution in [1.29, 1.82) is 0 Å². The Morgan fingerprint density at radius 2 is 2.03 bits per heavy atom. The SMILES string of the molecule is C=C1/C(=C\C=C2/CCC[C@]3(C)[C@@H]([C@H](C)OC(=O)CCCC(C)(C)O)CC[C@@H]23)C[C@@H](O)C[C@@H]1O. The Morgan fingerprint density at radius 3 is 2.73 bits per heavy atom. The molecule has 0 bridgehead atoms. The van der Waals surface area contributed by atoms with E-state index in [0.717, 1.165) is 43.3 Å². The van der Waals surface area contributed by atoms with Gasteiger partial charge in [-0.1, -0.05) is 31.2 Å². The number of esters is 1. The van der Waals surface area contributed by atoms with E-state index in [4.69, 9.17) is 4.74 Å². The minimum absolute atomic E-state index is 0.109. The zero-order chi connectivity index (χ0) is 24.4. The van der Waals surface area contributed by atoms with Crippen LogP contribution in [-0.4, -0.2) is 45.2 Å². The number of fused-ring (bicyclic) bond motifs is 1. The molecule has 0 aliphatic heterocycles. The summed E-state index contributed by atoms with van der Waals surface area (Å²) in [6.07, 6.45) is 11.0. The first-order chi connectivity index (χ1) is 15.4. The Hall–Kier alpha value is -1.43. The van der Waals surface area contributed by atoms with E-state index < -0.39 is 17.8 Å². The highest BCUT2D eigenvalue weighted by molar-refractivity contribution is 5.69. The number of allylic oxidation sites excluding steroid dienone is 3. The lowest BCUT2D eigenvalue weighted by Crippen LogP contribution is -2.39. The average molecular weight is 461 g/mol. The van der Waals surface area contributed by atoms with Crippen molar-refractivity contribution in [2.45, 2.75) is 116 Å². The fourth-order valence-corrected chi connectivity index (χ4v) is 6.53. The summed E-state index contributed by atoms with van der Waals surface area (Å²) in [5.74, 6) is 0.643. The first kappa shape index (κ1) is 26.2. The molecule has 5 nitrogen and oxygen atoms in total. The highest BCUT2D eigenvalue weighted by Gasteiger charge is 2.51. The third-order valence-electron chi connectivity index (χ3n) is 8.36. The molecule has 3 aliphatic carbocycles. The van der Waals surface area contributed by atoms with Crippen LogP contribution >= 0.6 is 0 Å². The van der Waals surface area contributed by atoms with Gasteiger partial charge >= 0.3 is 5.97 Å². The molecular weight excluding hydrogens is 416 g/mol. The van der Waals surface area contributed by atoms with Crippen molar-refractivity contribution < 1.29 is 24.9 Å². The van der Waals surface area contributed by atoms with Crippen molar-refractivity contribution in [3.05, 3.63) is 35.5 Å². The van der Waals surface area contributed by atoms with Gasteiger partial charge in [0.15, 0.2) is 0 Å². The van der Waals surface area contributed by atoms with E-state index in [0.29, 0.717) is 43.9 Å². The molecule has 0 aromatic heterocycles. The summed E-state index contributed by atoms with van der Waals surface area (Å²) < 4.78 is 5.87. The summed E-state index contributed by atoms with van der Waals surface area (Å²) in [4.78, 5) is 12.4. The quantitative estimate of drug-likeness (QED) is 0.466. The molecule has 0 unspecified atom stereocenters. The molecule has 5 heteroatoms. The number of rotatable bonds is 7. The molecule has 3 aliphatic rings. The number of hydrogen-bond donors (Lipinski definition) is 3. The van der Waals surface area contributed by atoms with Crippen molar-refractivity contribution in [1.82, 2.24) is 0 Å². The highest BCUT2D eigenvalue weighted by atomic mass is 16.5. The van der Waals surface area contributed by atoms with Gasteiger partial charge in [0.1, 0.15) is 6.10 Å². The zero-order valence-electron chi connectivity index (χ0n) is 21.0. The second kappa shape index (κ2) is 10.5. The molecule has 0 spiro atoms. The van der Waals surface area contributed by atoms with Crippen LogP contribution in [-0.2, 0) is 9.53 Å². The van der Waals surface area contributed by atoms with E-state index in [1.807, 2.05) is 6.92 Å². The molecule has 3 saturated carbocycles. The fourth-order valence-electron chi connectivity index (χ4n) is 6.53. The standard InChI is InChI=1S/C28H44O5/c1-18-21(16-22(29)17-25(18)30)11-10-20-8-6-15-28(5)23(12-13-24(20)28)19(2)33-26(31)9-7-14-27(3,4)32/h10-11,19,22-25,29-30,32H,1,6-9,12-17H2,2-5H3/b20-10+,21-11-/t19-,22+,23+,24-,25-,28+/m0/s1. The van der Waals surface area contributed by atoms with Gasteiger partial charge in [0.25, 0.3) is 0 Å². The van der Waals surface area contributed by atoms with Crippen LogP contribution in [0.3, 0.4) is 0 Å². The number of carbonyl (C=O) groups is 1. The number of ether oxygens (including phenoxy) is 1. The fraction of sp³-hybridized carbons (Fsp3) is 0.750. The molecule has 0 heterocycles. The predicted molar refractivity (Wildman–Crippen MR) is 130 cm³/mol. The summed E-state index contributed by atoms with van der Waals surface area (Å²) in [5.41, 5.74) is 2.47. The van der Waals surface area contributed by atoms with Gasteiger partial charge in [0.05, 0.1) is 17.8 Å². The molecule has 6 atom stereocenters. The maximum Gasteiger partial charge on any atom is 0.306 e. The lowest BCUT2D eigenvalue weighted by Gasteiger charge is -2.44. The third kappa shape index (κ3) is 6.37. The summed E-state index contributed by atoms with van der Waals surface area (Å²) >= 11 is 0. The summed E-state index contributed by atoms with van der Waals surface area (Å²) in [7, 11) is 0. The van der Waals surface area contributed by atoms with Crippen molar-refractivity contribution in [3.63, 3.8) is 0 Å². The van der Waals surface area contributed by atoms with E-state index in [1.54, 1.807) is 13.8 Å². The molecule has 3 rings (SSSR count). The molecule has 0 saturated heterocycles. The van der Waals surface area contributed by atoms with Gasteiger partial charge in [-0.3, -0.25) is 4.79 Å². The Labute approximate surface area is 199 Å². The minimum Gasteiger partial charge on any atom is -0.462 e. The van der Waals surface area contributed by atoms with Crippen LogP contribution in [0.1, 0.15) is 91.9 Å². The van der Waals surface area contributed by atoms with Gasteiger partial charge in [0, 0.05) is 18.8 Å². The van der Waals surface area contributed by atoms with Crippen molar-refractivity contribution in [2.75, 3.05) is 0 Å². The number of carbonyl (C=O) groups excluding carboxylic acids is 1. The number of hydrogen-bond acceptors (Lipinski definition) is 5. The number of aliphatic hydroxyl groups is 3. The van der Waals surface area contributed by atoms with Gasteiger partial charge in [-0.05, 0) is 94.6 Å². The third-order valence-corrected chi connectivity index (χ3v) is 8.36. The topological polar surface area (TPSA) is 87.0 Å². The predicted octanol–water partition coefficient (Wildman–Crippen LogP) is 5.00. The van der Waals surface area contributed by atoms with E-state index in [-0.39, 0.29) is 17.5 Å². The van der Waals surface area contributed by atoms with E-state index >= 15 is 0 Å². The molecule has 3 N–H and O–H groups in total. The van der Waals surface area contributed by atoms with E-state index in [2.05, 4.69) is 25.7 Å². The van der Waals surface area contributed by atoms with Crippen LogP contribution in [0.2, 0.25) is 0 Å². The Bertz CT molecular complexity index is 789. The van der Waals surface area contributed by atoms with Crippen LogP contribution in [0, 0.1) is 17.3 Å². The van der Waals surface area contributed by atoms with Gasteiger partial charge in [-0.2, -0.15) is 0 Å². The van der Waals surface area contributed by atoms with Gasteiger partial charge in [0.2, 0.25) is 0 Å². The summed E-state index contributed by atoms with van der Waals surface area (Å²) in [6.45, 7) is 12.0. The van der Waals surface area contributed by atoms with Gasteiger partial charge < -0.3 is 20.1 Å². The van der Waals surface area contributed by atoms with Crippen LogP contribution < -0.4 is 0 Å². The zero-order valence-corrected chi connectivity index (χ0v) is 21.0. The summed E-state index contributed by atoms with van der Waals surface area (Å²) in [5, 5.41) is 30.0. The van der Waals surface area contributed by atoms with Crippen LogP contribution in [0.15, 0.2) is 35.5 Å². The molecule has 0 aromatic carbocycles. The molecular formula is C28H44O5. The maximum absolute atomic E-state index is 12.4. The Morgan fingerprint density at radius 1 is 1.30 bits per heavy atom. The van der Waals surface area contributed by atoms with Gasteiger partial charge in [-0.25, -0.2) is 0 Å². The minimum atomic E-state index is -0.752. The smallest absolute Gasteiger partial charge is 0.306 e. The maximum atomic E-state index is 12.4. The van der Waals surface area contributed by atoms with E-state index in [1.165, 1.54) is 5.57 Å². The molecule has 0 radical (unpaired) electrons. The van der Waals surface area contributed by atoms with Crippen molar-refractivity contribution in [3.8, 4) is 0 Å². The Kier molecular flexibility index (Phi) is 8.29. The summed E-state index contributed by atoms with van der Waals surface area (Å²) in [6, 6.07) is 0. The average Bonchev–Trinajstić information content (AvgIpc) is 3.06. The highest BCUT2D eigenvalue weighted by Crippen LogP contribution is 2.58. The van der Waals surface area contributed by atoms with Gasteiger partial charge in [-0.15, -0.1) is 0 Å².